The molecule has 4 rings (SSSR count). The van der Waals surface area contributed by atoms with Gasteiger partial charge >= 0.3 is 12.2 Å². The van der Waals surface area contributed by atoms with Gasteiger partial charge in [-0.15, -0.1) is 0 Å². The maximum Gasteiger partial charge on any atom is 0.409 e. The summed E-state index contributed by atoms with van der Waals surface area (Å²) in [5, 5.41) is 0. The van der Waals surface area contributed by atoms with Gasteiger partial charge in [-0.1, -0.05) is 24.3 Å². The van der Waals surface area contributed by atoms with E-state index in [2.05, 4.69) is 29.2 Å². The summed E-state index contributed by atoms with van der Waals surface area (Å²) in [6.45, 7) is 7.21. The van der Waals surface area contributed by atoms with Crippen LogP contribution in [-0.4, -0.2) is 79.4 Å². The highest BCUT2D eigenvalue weighted by molar-refractivity contribution is 5.68. The van der Waals surface area contributed by atoms with Crippen LogP contribution in [0.15, 0.2) is 24.3 Å². The Balaban J connectivity index is 1.41. The molecule has 0 unspecified atom stereocenters. The Morgan fingerprint density at radius 2 is 1.73 bits per heavy atom. The number of amides is 2. The Labute approximate surface area is 178 Å². The fourth-order valence-corrected chi connectivity index (χ4v) is 5.52. The van der Waals surface area contributed by atoms with Crippen LogP contribution in [0.25, 0.3) is 0 Å². The van der Waals surface area contributed by atoms with Crippen molar-refractivity contribution in [3.05, 3.63) is 35.4 Å². The first kappa shape index (κ1) is 21.0. The fourth-order valence-electron chi connectivity index (χ4n) is 5.52. The molecule has 30 heavy (non-hydrogen) atoms. The molecule has 2 fully saturated rings. The normalized spacial score (nSPS) is 21.9. The van der Waals surface area contributed by atoms with Gasteiger partial charge in [-0.25, -0.2) is 9.59 Å². The van der Waals surface area contributed by atoms with Crippen LogP contribution in [-0.2, 0) is 21.4 Å². The summed E-state index contributed by atoms with van der Waals surface area (Å²) in [4.78, 5) is 30.5. The van der Waals surface area contributed by atoms with Crippen molar-refractivity contribution in [1.29, 1.82) is 0 Å². The molecular formula is C23H33N3O4. The summed E-state index contributed by atoms with van der Waals surface area (Å²) in [5.41, 5.74) is 2.65. The second-order valence-corrected chi connectivity index (χ2v) is 8.72. The zero-order valence-electron chi connectivity index (χ0n) is 18.1. The molecule has 2 saturated heterocycles. The number of carbonyl (C=O) groups is 2. The molecule has 2 amide bonds. The molecule has 0 N–H and O–H groups in total. The molecule has 0 bridgehead atoms. The summed E-state index contributed by atoms with van der Waals surface area (Å²) >= 11 is 0. The smallest absolute Gasteiger partial charge is 0.409 e. The van der Waals surface area contributed by atoms with E-state index in [-0.39, 0.29) is 17.6 Å². The number of benzene rings is 1. The standard InChI is InChI=1S/C23H33N3O4/c1-3-30-22(28)25-12-8-19(9-13-25)24-14-10-23(11-15-24)17-26(21(27)29-2)16-18-6-4-5-7-20(18)23/h4-7,19H,3,8-17H2,1-2H3. The Hall–Kier alpha value is -2.28. The molecule has 1 aromatic rings. The lowest BCUT2D eigenvalue weighted by Crippen LogP contribution is -2.56. The van der Waals surface area contributed by atoms with Gasteiger partial charge in [0.15, 0.2) is 0 Å². The highest BCUT2D eigenvalue weighted by atomic mass is 16.6. The average Bonchev–Trinajstić information content (AvgIpc) is 2.79. The van der Waals surface area contributed by atoms with Gasteiger partial charge in [0.25, 0.3) is 0 Å². The van der Waals surface area contributed by atoms with E-state index in [0.717, 1.165) is 58.4 Å². The molecule has 3 heterocycles. The highest BCUT2D eigenvalue weighted by Gasteiger charge is 2.44. The number of fused-ring (bicyclic) bond motifs is 2. The van der Waals surface area contributed by atoms with E-state index in [9.17, 15) is 9.59 Å². The number of likely N-dealkylation sites (tertiary alicyclic amines) is 2. The van der Waals surface area contributed by atoms with Gasteiger partial charge in [0.1, 0.15) is 0 Å². The van der Waals surface area contributed by atoms with Gasteiger partial charge in [0.05, 0.1) is 13.7 Å². The van der Waals surface area contributed by atoms with E-state index < -0.39 is 0 Å². The average molecular weight is 416 g/mol. The van der Waals surface area contributed by atoms with Crippen molar-refractivity contribution < 1.29 is 19.1 Å². The number of piperidine rings is 2. The first-order valence-electron chi connectivity index (χ1n) is 11.1. The molecule has 0 radical (unpaired) electrons. The number of nitrogens with zero attached hydrogens (tertiary/aromatic N) is 3. The van der Waals surface area contributed by atoms with Crippen molar-refractivity contribution in [3.63, 3.8) is 0 Å². The first-order chi connectivity index (χ1) is 14.6. The van der Waals surface area contributed by atoms with Crippen LogP contribution < -0.4 is 0 Å². The van der Waals surface area contributed by atoms with Crippen molar-refractivity contribution in [2.24, 2.45) is 0 Å². The number of ether oxygens (including phenoxy) is 2. The Morgan fingerprint density at radius 1 is 1.03 bits per heavy atom. The predicted molar refractivity (Wildman–Crippen MR) is 113 cm³/mol. The van der Waals surface area contributed by atoms with Crippen LogP contribution in [0.5, 0.6) is 0 Å². The summed E-state index contributed by atoms with van der Waals surface area (Å²) in [6, 6.07) is 9.08. The summed E-state index contributed by atoms with van der Waals surface area (Å²) in [6.07, 6.45) is 3.64. The minimum absolute atomic E-state index is 0.00513. The molecule has 0 saturated carbocycles. The lowest BCUT2D eigenvalue weighted by molar-refractivity contribution is 0.0410. The van der Waals surface area contributed by atoms with Crippen LogP contribution in [0.3, 0.4) is 0 Å². The van der Waals surface area contributed by atoms with Crippen molar-refractivity contribution in [3.8, 4) is 0 Å². The number of carbonyl (C=O) groups excluding carboxylic acids is 2. The lowest BCUT2D eigenvalue weighted by atomic mass is 9.68. The van der Waals surface area contributed by atoms with Crippen LogP contribution in [0, 0.1) is 0 Å². The molecule has 1 aromatic carbocycles. The van der Waals surface area contributed by atoms with Crippen LogP contribution >= 0.6 is 0 Å². The molecule has 7 nitrogen and oxygen atoms in total. The number of methoxy groups -OCH3 is 1. The number of rotatable bonds is 2. The van der Waals surface area contributed by atoms with Gasteiger partial charge in [-0.05, 0) is 56.8 Å². The van der Waals surface area contributed by atoms with Crippen molar-refractivity contribution >= 4 is 12.2 Å². The molecular weight excluding hydrogens is 382 g/mol. The maximum atomic E-state index is 12.3. The van der Waals surface area contributed by atoms with Gasteiger partial charge in [-0.2, -0.15) is 0 Å². The minimum Gasteiger partial charge on any atom is -0.453 e. The zero-order valence-corrected chi connectivity index (χ0v) is 18.1. The van der Waals surface area contributed by atoms with Crippen molar-refractivity contribution in [2.75, 3.05) is 46.4 Å². The SMILES string of the molecule is CCOC(=O)N1CCC(N2CCC3(CC2)CN(C(=O)OC)Cc2ccccc23)CC1. The van der Waals surface area contributed by atoms with Gasteiger partial charge in [-0.3, -0.25) is 0 Å². The molecule has 0 aromatic heterocycles. The van der Waals surface area contributed by atoms with Crippen molar-refractivity contribution in [2.45, 2.75) is 50.6 Å². The van der Waals surface area contributed by atoms with Gasteiger partial charge in [0.2, 0.25) is 0 Å². The van der Waals surface area contributed by atoms with E-state index in [1.54, 1.807) is 0 Å². The molecule has 0 aliphatic carbocycles. The minimum atomic E-state index is -0.238. The largest absolute Gasteiger partial charge is 0.453 e. The Bertz CT molecular complexity index is 767. The molecule has 0 atom stereocenters. The lowest BCUT2D eigenvalue weighted by Gasteiger charge is -2.50. The molecule has 1 spiro atoms. The Kier molecular flexibility index (Phi) is 6.18. The zero-order chi connectivity index (χ0) is 21.1. The molecule has 3 aliphatic rings. The summed E-state index contributed by atoms with van der Waals surface area (Å²) in [7, 11) is 1.46. The predicted octanol–water partition coefficient (Wildman–Crippen LogP) is 3.22. The summed E-state index contributed by atoms with van der Waals surface area (Å²) in [5.74, 6) is 0. The second kappa shape index (κ2) is 8.84. The molecule has 7 heteroatoms. The number of hydrogen-bond acceptors (Lipinski definition) is 5. The fraction of sp³-hybridized carbons (Fsp3) is 0.652. The number of hydrogen-bond donors (Lipinski definition) is 0. The molecule has 3 aliphatic heterocycles. The quantitative estimate of drug-likeness (QED) is 0.742. The van der Waals surface area contributed by atoms with Crippen molar-refractivity contribution in [1.82, 2.24) is 14.7 Å². The van der Waals surface area contributed by atoms with E-state index in [1.807, 2.05) is 16.7 Å². The van der Waals surface area contributed by atoms with Crippen LogP contribution in [0.4, 0.5) is 9.59 Å². The third kappa shape index (κ3) is 4.00. The van der Waals surface area contributed by atoms with Gasteiger partial charge < -0.3 is 24.2 Å². The van der Waals surface area contributed by atoms with Crippen LogP contribution in [0.2, 0.25) is 0 Å². The first-order valence-corrected chi connectivity index (χ1v) is 11.1. The van der Waals surface area contributed by atoms with E-state index in [1.165, 1.54) is 18.2 Å². The third-order valence-corrected chi connectivity index (χ3v) is 7.14. The third-order valence-electron chi connectivity index (χ3n) is 7.14. The summed E-state index contributed by atoms with van der Waals surface area (Å²) < 4.78 is 10.2. The monoisotopic (exact) mass is 415 g/mol. The second-order valence-electron chi connectivity index (χ2n) is 8.72. The van der Waals surface area contributed by atoms with E-state index in [4.69, 9.17) is 9.47 Å². The van der Waals surface area contributed by atoms with E-state index in [0.29, 0.717) is 19.2 Å². The molecule has 164 valence electrons. The Morgan fingerprint density at radius 3 is 2.40 bits per heavy atom. The maximum absolute atomic E-state index is 12.3. The van der Waals surface area contributed by atoms with Gasteiger partial charge in [0, 0.05) is 37.6 Å². The van der Waals surface area contributed by atoms with E-state index >= 15 is 0 Å². The topological polar surface area (TPSA) is 62.3 Å². The highest BCUT2D eigenvalue weighted by Crippen LogP contribution is 2.42. The van der Waals surface area contributed by atoms with Crippen LogP contribution in [0.1, 0.15) is 43.7 Å².